The summed E-state index contributed by atoms with van der Waals surface area (Å²) in [7, 11) is 0. The summed E-state index contributed by atoms with van der Waals surface area (Å²) in [5.41, 5.74) is 9.82. The number of allylic oxidation sites excluding steroid dienone is 4. The van der Waals surface area contributed by atoms with E-state index in [9.17, 15) is 4.39 Å². The van der Waals surface area contributed by atoms with Gasteiger partial charge in [0.05, 0.1) is 0 Å². The molecule has 0 nitrogen and oxygen atoms in total. The largest absolute Gasteiger partial charge is 0.179 e. The SMILES string of the molecule is CCC1=[C-]C(C)C=C1C(C)(C)C.Fc1ccc([CH]=[Zr+2])cc1.[c-]1cccc2c1Cc1ccccc1-2. The molecule has 1 atom stereocenters. The number of halogens is 1. The molecule has 0 saturated carbocycles. The first kappa shape index (κ1) is 26.4. The number of hydrogen-bond donors (Lipinski definition) is 0. The Morgan fingerprint density at radius 1 is 1.00 bits per heavy atom. The minimum Gasteiger partial charge on any atom is -0.179 e. The summed E-state index contributed by atoms with van der Waals surface area (Å²) in [5.74, 6) is 0.352. The Kier molecular flexibility index (Phi) is 9.32. The predicted molar refractivity (Wildman–Crippen MR) is 139 cm³/mol. The maximum absolute atomic E-state index is 12.2. The summed E-state index contributed by atoms with van der Waals surface area (Å²) in [5, 5.41) is 0. The van der Waals surface area contributed by atoms with Crippen molar-refractivity contribution in [3.05, 3.63) is 119 Å². The molecule has 2 aliphatic rings. The molecule has 2 heteroatoms. The summed E-state index contributed by atoms with van der Waals surface area (Å²) in [6.07, 6.45) is 8.00. The standard InChI is InChI=1S/C13H9.C12H19.C7H5F.Zr/c1-3-7-12-10(5-1)9-11-6-2-4-8-13(11)12;1-6-10-7-9(2)8-11(10)12(3,4)5;1-6-2-4-7(8)5-3-6;/h1-5,7-8H,9H2;8-9H,6H2,1-5H3;1-5H;/q2*-1;;+2. The Bertz CT molecular complexity index is 1130. The first-order chi connectivity index (χ1) is 16.2. The van der Waals surface area contributed by atoms with E-state index >= 15 is 0 Å². The van der Waals surface area contributed by atoms with Crippen LogP contribution in [0.5, 0.6) is 0 Å². The number of benzene rings is 3. The van der Waals surface area contributed by atoms with Crippen molar-refractivity contribution in [3.8, 4) is 11.1 Å². The topological polar surface area (TPSA) is 0 Å². The van der Waals surface area contributed by atoms with Crippen LogP contribution in [0.15, 0.2) is 84.0 Å². The third-order valence-electron chi connectivity index (χ3n) is 5.96. The number of rotatable bonds is 2. The van der Waals surface area contributed by atoms with Gasteiger partial charge in [-0.15, -0.1) is 5.56 Å². The second-order valence-electron chi connectivity index (χ2n) is 9.69. The van der Waals surface area contributed by atoms with E-state index in [-0.39, 0.29) is 5.82 Å². The van der Waals surface area contributed by atoms with Gasteiger partial charge < -0.3 is 0 Å². The molecule has 0 fully saturated rings. The van der Waals surface area contributed by atoms with E-state index in [1.807, 2.05) is 9.78 Å². The second kappa shape index (κ2) is 12.0. The molecule has 0 saturated heterocycles. The van der Waals surface area contributed by atoms with Crippen LogP contribution in [0.3, 0.4) is 0 Å². The molecule has 0 amide bonds. The van der Waals surface area contributed by atoms with Gasteiger partial charge >= 0.3 is 68.0 Å². The smallest absolute Gasteiger partial charge is 0.0253 e. The summed E-state index contributed by atoms with van der Waals surface area (Å²) in [4.78, 5) is 0. The van der Waals surface area contributed by atoms with E-state index in [4.69, 9.17) is 0 Å². The molecule has 0 bridgehead atoms. The van der Waals surface area contributed by atoms with E-state index in [0.717, 1.165) is 18.4 Å². The molecule has 172 valence electrons. The Hall–Kier alpha value is -2.18. The third-order valence-corrected chi connectivity index (χ3v) is 6.78. The Morgan fingerprint density at radius 2 is 1.68 bits per heavy atom. The van der Waals surface area contributed by atoms with Crippen molar-refractivity contribution in [2.45, 2.75) is 47.5 Å². The maximum atomic E-state index is 12.2. The molecular formula is C32H33FZr. The monoisotopic (exact) mass is 526 g/mol. The van der Waals surface area contributed by atoms with Gasteiger partial charge in [-0.2, -0.15) is 41.5 Å². The van der Waals surface area contributed by atoms with Crippen molar-refractivity contribution in [2.75, 3.05) is 0 Å². The van der Waals surface area contributed by atoms with Crippen molar-refractivity contribution in [3.63, 3.8) is 0 Å². The van der Waals surface area contributed by atoms with Gasteiger partial charge in [-0.25, -0.2) is 5.57 Å². The van der Waals surface area contributed by atoms with Crippen molar-refractivity contribution in [1.82, 2.24) is 0 Å². The Balaban J connectivity index is 0.000000146. The minimum atomic E-state index is -0.170. The van der Waals surface area contributed by atoms with Crippen molar-refractivity contribution in [1.29, 1.82) is 0 Å². The fourth-order valence-corrected chi connectivity index (χ4v) is 4.77. The van der Waals surface area contributed by atoms with Crippen molar-refractivity contribution in [2.24, 2.45) is 11.3 Å². The molecule has 3 aromatic carbocycles. The van der Waals surface area contributed by atoms with Gasteiger partial charge in [0.15, 0.2) is 0 Å². The van der Waals surface area contributed by atoms with Gasteiger partial charge in [-0.3, -0.25) is 6.08 Å². The van der Waals surface area contributed by atoms with Gasteiger partial charge in [-0.1, -0.05) is 87.8 Å². The fraction of sp³-hybridized carbons (Fsp3) is 0.281. The zero-order chi connectivity index (χ0) is 24.7. The first-order valence-electron chi connectivity index (χ1n) is 11.9. The summed E-state index contributed by atoms with van der Waals surface area (Å²) >= 11 is 1.34. The van der Waals surface area contributed by atoms with Crippen LogP contribution in [-0.2, 0) is 30.7 Å². The van der Waals surface area contributed by atoms with Gasteiger partial charge in [0.2, 0.25) is 0 Å². The molecular weight excluding hydrogens is 495 g/mol. The van der Waals surface area contributed by atoms with Crippen LogP contribution in [0.2, 0.25) is 0 Å². The predicted octanol–water partition coefficient (Wildman–Crippen LogP) is 8.33. The molecule has 2 aliphatic carbocycles. The average molecular weight is 528 g/mol. The van der Waals surface area contributed by atoms with Crippen molar-refractivity contribution < 1.29 is 28.6 Å². The molecule has 0 heterocycles. The maximum Gasteiger partial charge on any atom is -0.0253 e. The van der Waals surface area contributed by atoms with E-state index in [0.29, 0.717) is 11.3 Å². The molecule has 0 aliphatic heterocycles. The minimum absolute atomic E-state index is 0.170. The van der Waals surface area contributed by atoms with Gasteiger partial charge in [0, 0.05) is 0 Å². The van der Waals surface area contributed by atoms with Crippen LogP contribution in [-0.4, -0.2) is 3.71 Å². The normalized spacial score (nSPS) is 15.6. The fourth-order valence-electron chi connectivity index (χ4n) is 4.30. The van der Waals surface area contributed by atoms with Crippen LogP contribution in [0.25, 0.3) is 11.1 Å². The van der Waals surface area contributed by atoms with E-state index in [1.165, 1.54) is 69.8 Å². The molecule has 34 heavy (non-hydrogen) atoms. The molecule has 0 N–H and O–H groups in total. The van der Waals surface area contributed by atoms with Crippen LogP contribution in [0, 0.1) is 29.3 Å². The van der Waals surface area contributed by atoms with Crippen molar-refractivity contribution >= 4 is 3.71 Å². The van der Waals surface area contributed by atoms with Gasteiger partial charge in [0.25, 0.3) is 0 Å². The average Bonchev–Trinajstić information content (AvgIpc) is 3.41. The second-order valence-corrected chi connectivity index (χ2v) is 10.4. The first-order valence-corrected chi connectivity index (χ1v) is 13.3. The molecule has 3 aromatic rings. The number of fused-ring (bicyclic) bond motifs is 3. The summed E-state index contributed by atoms with van der Waals surface area (Å²) in [6.45, 7) is 11.2. The van der Waals surface area contributed by atoms with Gasteiger partial charge in [0.1, 0.15) is 0 Å². The van der Waals surface area contributed by atoms with E-state index < -0.39 is 0 Å². The van der Waals surface area contributed by atoms with E-state index in [2.05, 4.69) is 89.2 Å². The molecule has 0 radical (unpaired) electrons. The molecule has 5 rings (SSSR count). The molecule has 0 aromatic heterocycles. The van der Waals surface area contributed by atoms with Crippen LogP contribution >= 0.6 is 0 Å². The zero-order valence-corrected chi connectivity index (χ0v) is 23.3. The van der Waals surface area contributed by atoms with E-state index in [1.54, 1.807) is 12.1 Å². The summed E-state index contributed by atoms with van der Waals surface area (Å²) in [6, 6.07) is 24.6. The zero-order valence-electron chi connectivity index (χ0n) is 20.9. The van der Waals surface area contributed by atoms with Crippen LogP contribution in [0.1, 0.15) is 57.7 Å². The summed E-state index contributed by atoms with van der Waals surface area (Å²) < 4.78 is 14.2. The van der Waals surface area contributed by atoms with Crippen LogP contribution < -0.4 is 0 Å². The van der Waals surface area contributed by atoms with Gasteiger partial charge in [-0.05, 0) is 6.42 Å². The molecule has 1 unspecified atom stereocenters. The quantitative estimate of drug-likeness (QED) is 0.230. The Labute approximate surface area is 220 Å². The molecule has 0 spiro atoms. The van der Waals surface area contributed by atoms with Crippen LogP contribution in [0.4, 0.5) is 4.39 Å². The number of hydrogen-bond acceptors (Lipinski definition) is 0. The Morgan fingerprint density at radius 3 is 2.29 bits per heavy atom. The third kappa shape index (κ3) is 6.92.